The van der Waals surface area contributed by atoms with E-state index in [4.69, 9.17) is 21.1 Å². The van der Waals surface area contributed by atoms with Crippen LogP contribution >= 0.6 is 0 Å². The number of hydrogen-bond donors (Lipinski definition) is 2. The summed E-state index contributed by atoms with van der Waals surface area (Å²) in [5, 5.41) is 22.3. The molecule has 0 aromatic carbocycles. The summed E-state index contributed by atoms with van der Waals surface area (Å²) < 4.78 is 0. The zero-order valence-electron chi connectivity index (χ0n) is 6.24. The third-order valence-corrected chi connectivity index (χ3v) is 0.598. The lowest BCUT2D eigenvalue weighted by molar-refractivity contribution is -0.766. The van der Waals surface area contributed by atoms with Gasteiger partial charge < -0.3 is 15.8 Å². The average Bonchev–Trinajstić information content (AvgIpc) is 1.84. The molecule has 3 N–H and O–H groups in total. The van der Waals surface area contributed by atoms with Gasteiger partial charge >= 0.3 is 0 Å². The van der Waals surface area contributed by atoms with Crippen LogP contribution in [0.3, 0.4) is 0 Å². The van der Waals surface area contributed by atoms with E-state index in [1.807, 2.05) is 0 Å². The van der Waals surface area contributed by atoms with Crippen LogP contribution in [-0.2, 0) is 4.84 Å². The number of hydrogen-bond acceptors (Lipinski definition) is 6. The lowest BCUT2D eigenvalue weighted by Crippen LogP contribution is -2.22. The van der Waals surface area contributed by atoms with Crippen LogP contribution in [0.15, 0.2) is 0 Å². The van der Waals surface area contributed by atoms with Crippen LogP contribution in [0.4, 0.5) is 0 Å². The van der Waals surface area contributed by atoms with Crippen LogP contribution in [0.25, 0.3) is 0 Å². The molecule has 0 aliphatic heterocycles. The van der Waals surface area contributed by atoms with Crippen LogP contribution < -0.4 is 5.73 Å². The highest BCUT2D eigenvalue weighted by Gasteiger charge is 2.01. The molecule has 0 heterocycles. The SMILES string of the molecule is CC(CN)O[N+](=O)[O-].O=[N+]([O-])O. The Morgan fingerprint density at radius 1 is 1.58 bits per heavy atom. The van der Waals surface area contributed by atoms with Crippen molar-refractivity contribution in [1.82, 2.24) is 0 Å². The van der Waals surface area contributed by atoms with Crippen LogP contribution in [0.5, 0.6) is 0 Å². The van der Waals surface area contributed by atoms with Gasteiger partial charge in [-0.15, -0.1) is 20.2 Å². The van der Waals surface area contributed by atoms with Gasteiger partial charge in [0, 0.05) is 6.54 Å². The quantitative estimate of drug-likeness (QED) is 0.430. The van der Waals surface area contributed by atoms with Gasteiger partial charge in [0.2, 0.25) is 0 Å². The molecule has 9 heteroatoms. The molecule has 1 atom stereocenters. The average molecular weight is 183 g/mol. The summed E-state index contributed by atoms with van der Waals surface area (Å²) in [6.45, 7) is 1.70. The van der Waals surface area contributed by atoms with Crippen LogP contribution in [-0.4, -0.2) is 28.0 Å². The highest BCUT2D eigenvalue weighted by atomic mass is 17.0. The van der Waals surface area contributed by atoms with Gasteiger partial charge in [-0.1, -0.05) is 0 Å². The molecule has 12 heavy (non-hydrogen) atoms. The van der Waals surface area contributed by atoms with Crippen molar-refractivity contribution in [3.63, 3.8) is 0 Å². The lowest BCUT2D eigenvalue weighted by atomic mass is 10.4. The zero-order chi connectivity index (χ0) is 10.1. The van der Waals surface area contributed by atoms with Gasteiger partial charge in [-0.3, -0.25) is 0 Å². The highest BCUT2D eigenvalue weighted by Crippen LogP contribution is 1.84. The molecule has 0 saturated heterocycles. The minimum Gasteiger partial charge on any atom is -0.328 e. The summed E-state index contributed by atoms with van der Waals surface area (Å²) >= 11 is 0. The summed E-state index contributed by atoms with van der Waals surface area (Å²) in [7, 11) is 0. The van der Waals surface area contributed by atoms with E-state index in [9.17, 15) is 10.1 Å². The van der Waals surface area contributed by atoms with Gasteiger partial charge in [-0.25, -0.2) is 0 Å². The molecule has 72 valence electrons. The standard InChI is InChI=1S/C3H8N2O3.HNO3/c1-3(2-4)8-5(6)7;2-1(3)4/h3H,2,4H2,1H3;(H,2,3,4). The summed E-state index contributed by atoms with van der Waals surface area (Å²) in [5.74, 6) is 0. The van der Waals surface area contributed by atoms with Crippen LogP contribution in [0.2, 0.25) is 0 Å². The number of nitrogens with two attached hydrogens (primary N) is 1. The van der Waals surface area contributed by atoms with Gasteiger partial charge in [-0.2, -0.15) is 0 Å². The largest absolute Gasteiger partial charge is 0.328 e. The molecule has 0 aromatic heterocycles. The Balaban J connectivity index is 0. The first-order chi connectivity index (χ1) is 5.40. The van der Waals surface area contributed by atoms with Crippen molar-refractivity contribution in [1.29, 1.82) is 0 Å². The smallest absolute Gasteiger partial charge is 0.294 e. The van der Waals surface area contributed by atoms with Gasteiger partial charge in [0.1, 0.15) is 6.10 Å². The van der Waals surface area contributed by atoms with E-state index >= 15 is 0 Å². The third kappa shape index (κ3) is 23.8. The molecule has 0 radical (unpaired) electrons. The lowest BCUT2D eigenvalue weighted by Gasteiger charge is -2.02. The molecule has 0 rings (SSSR count). The Bertz CT molecular complexity index is 145. The van der Waals surface area contributed by atoms with E-state index in [0.717, 1.165) is 0 Å². The molecule has 0 aliphatic rings. The first-order valence-corrected chi connectivity index (χ1v) is 2.74. The van der Waals surface area contributed by atoms with E-state index in [0.29, 0.717) is 0 Å². The van der Waals surface area contributed by atoms with E-state index in [1.165, 1.54) is 6.92 Å². The second-order valence-corrected chi connectivity index (χ2v) is 1.61. The molecule has 0 spiro atoms. The Hall–Kier alpha value is -1.64. The second kappa shape index (κ2) is 7.47. The van der Waals surface area contributed by atoms with Gasteiger partial charge in [0.25, 0.3) is 10.2 Å². The first kappa shape index (κ1) is 13.0. The summed E-state index contributed by atoms with van der Waals surface area (Å²) in [6, 6.07) is 0. The van der Waals surface area contributed by atoms with Crippen molar-refractivity contribution in [2.24, 2.45) is 5.73 Å². The van der Waals surface area contributed by atoms with Crippen molar-refractivity contribution >= 4 is 0 Å². The zero-order valence-corrected chi connectivity index (χ0v) is 6.24. The normalized spacial score (nSPS) is 10.5. The Morgan fingerprint density at radius 2 is 1.92 bits per heavy atom. The molecule has 1 unspecified atom stereocenters. The van der Waals surface area contributed by atoms with E-state index in [-0.39, 0.29) is 6.54 Å². The molecule has 0 amide bonds. The van der Waals surface area contributed by atoms with Crippen molar-refractivity contribution in [3.8, 4) is 0 Å². The van der Waals surface area contributed by atoms with Crippen LogP contribution in [0, 0.1) is 20.2 Å². The fourth-order valence-electron chi connectivity index (χ4n) is 0.190. The van der Waals surface area contributed by atoms with Gasteiger partial charge in [0.15, 0.2) is 0 Å². The molecule has 0 bridgehead atoms. The molecule has 0 aliphatic carbocycles. The molecule has 0 aromatic rings. The van der Waals surface area contributed by atoms with Crippen molar-refractivity contribution in [2.75, 3.05) is 6.54 Å². The summed E-state index contributed by atoms with van der Waals surface area (Å²) in [5.41, 5.74) is 4.99. The Kier molecular flexibility index (Phi) is 8.08. The summed E-state index contributed by atoms with van der Waals surface area (Å²) in [4.78, 5) is 21.9. The minimum atomic E-state index is -1.50. The topological polar surface area (TPSA) is 142 Å². The van der Waals surface area contributed by atoms with Gasteiger partial charge in [0.05, 0.1) is 0 Å². The number of rotatable bonds is 3. The fraction of sp³-hybridized carbons (Fsp3) is 1.00. The maximum atomic E-state index is 9.50. The fourth-order valence-corrected chi connectivity index (χ4v) is 0.190. The predicted octanol–water partition coefficient (Wildman–Crippen LogP) is -0.806. The summed E-state index contributed by atoms with van der Waals surface area (Å²) in [6.07, 6.45) is -0.495. The van der Waals surface area contributed by atoms with Crippen molar-refractivity contribution < 1.29 is 20.2 Å². The van der Waals surface area contributed by atoms with E-state index in [2.05, 4.69) is 4.84 Å². The maximum absolute atomic E-state index is 9.50. The maximum Gasteiger partial charge on any atom is 0.294 e. The second-order valence-electron chi connectivity index (χ2n) is 1.61. The van der Waals surface area contributed by atoms with E-state index in [1.54, 1.807) is 0 Å². The van der Waals surface area contributed by atoms with Gasteiger partial charge in [-0.05, 0) is 6.92 Å². The molecular weight excluding hydrogens is 174 g/mol. The molecule has 0 fully saturated rings. The third-order valence-electron chi connectivity index (χ3n) is 0.598. The molecular formula is C3H9N3O6. The monoisotopic (exact) mass is 183 g/mol. The van der Waals surface area contributed by atoms with Crippen molar-refractivity contribution in [3.05, 3.63) is 20.2 Å². The molecule has 9 nitrogen and oxygen atoms in total. The molecule has 0 saturated carbocycles. The Morgan fingerprint density at radius 3 is 2.00 bits per heavy atom. The van der Waals surface area contributed by atoms with Crippen LogP contribution in [0.1, 0.15) is 6.92 Å². The number of nitrogens with zero attached hydrogens (tertiary/aromatic N) is 2. The highest BCUT2D eigenvalue weighted by molar-refractivity contribution is 4.42. The van der Waals surface area contributed by atoms with E-state index < -0.39 is 16.3 Å². The minimum absolute atomic E-state index is 0.168. The predicted molar refractivity (Wildman–Crippen MR) is 35.4 cm³/mol. The Labute approximate surface area is 66.9 Å². The first-order valence-electron chi connectivity index (χ1n) is 2.74. The van der Waals surface area contributed by atoms with Crippen molar-refractivity contribution in [2.45, 2.75) is 13.0 Å².